The summed E-state index contributed by atoms with van der Waals surface area (Å²) in [7, 11) is 0. The fraction of sp³-hybridized carbons (Fsp3) is 0.545. The van der Waals surface area contributed by atoms with Crippen LogP contribution in [0.25, 0.3) is 0 Å². The molecule has 29 heavy (non-hydrogen) atoms. The van der Waals surface area contributed by atoms with Gasteiger partial charge in [0.05, 0.1) is 30.6 Å². The topological polar surface area (TPSA) is 67.9 Å². The third-order valence-corrected chi connectivity index (χ3v) is 6.24. The molecule has 1 N–H and O–H groups in total. The summed E-state index contributed by atoms with van der Waals surface area (Å²) >= 11 is 6.27. The maximum Gasteiger partial charge on any atom is 0.230 e. The van der Waals surface area contributed by atoms with Crippen LogP contribution in [0.4, 0.5) is 0 Å². The minimum atomic E-state index is -0.703. The zero-order chi connectivity index (χ0) is 20.6. The van der Waals surface area contributed by atoms with Crippen molar-refractivity contribution in [3.63, 3.8) is 0 Å². The molecule has 0 aliphatic carbocycles. The zero-order valence-electron chi connectivity index (χ0n) is 16.8. The molecule has 2 saturated heterocycles. The van der Waals surface area contributed by atoms with E-state index in [2.05, 4.69) is 5.32 Å². The predicted octanol–water partition coefficient (Wildman–Crippen LogP) is 2.55. The lowest BCUT2D eigenvalue weighted by molar-refractivity contribution is -0.137. The molecule has 3 aliphatic heterocycles. The van der Waals surface area contributed by atoms with Gasteiger partial charge in [0.15, 0.2) is 0 Å². The number of fused-ring (bicyclic) bond motifs is 1. The molecule has 3 aliphatic rings. The first-order valence-corrected chi connectivity index (χ1v) is 10.6. The van der Waals surface area contributed by atoms with Crippen molar-refractivity contribution in [1.82, 2.24) is 10.2 Å². The van der Waals surface area contributed by atoms with Crippen LogP contribution in [0.15, 0.2) is 36.4 Å². The molecule has 0 radical (unpaired) electrons. The Hall–Kier alpha value is -1.89. The summed E-state index contributed by atoms with van der Waals surface area (Å²) in [5, 5.41) is 3.59. The van der Waals surface area contributed by atoms with Crippen LogP contribution in [-0.2, 0) is 25.6 Å². The Morgan fingerprint density at radius 3 is 2.97 bits per heavy atom. The van der Waals surface area contributed by atoms with E-state index in [9.17, 15) is 9.59 Å². The van der Waals surface area contributed by atoms with Gasteiger partial charge in [0.1, 0.15) is 5.60 Å². The SMILES string of the molecule is CC(C)OCCCNC(=O)[C@@H]1[C@@H]2C=C[C@@]3(CN(Cc4ccccc4Cl)C(=O)[C@H]13)O2. The Morgan fingerprint density at radius 1 is 1.41 bits per heavy atom. The molecule has 0 unspecified atom stereocenters. The number of nitrogens with zero attached hydrogens (tertiary/aromatic N) is 1. The number of nitrogens with one attached hydrogen (secondary N) is 1. The second kappa shape index (κ2) is 8.09. The van der Waals surface area contributed by atoms with E-state index in [1.165, 1.54) is 0 Å². The van der Waals surface area contributed by atoms with E-state index >= 15 is 0 Å². The van der Waals surface area contributed by atoms with Crippen molar-refractivity contribution in [1.29, 1.82) is 0 Å². The Bertz CT molecular complexity index is 827. The molecule has 2 bridgehead atoms. The molecule has 1 aromatic carbocycles. The molecule has 4 atom stereocenters. The monoisotopic (exact) mass is 418 g/mol. The van der Waals surface area contributed by atoms with Crippen LogP contribution in [0, 0.1) is 11.8 Å². The summed E-state index contributed by atoms with van der Waals surface area (Å²) in [6, 6.07) is 7.50. The first-order chi connectivity index (χ1) is 13.9. The molecule has 4 rings (SSSR count). The number of hydrogen-bond acceptors (Lipinski definition) is 4. The van der Waals surface area contributed by atoms with E-state index in [-0.39, 0.29) is 24.0 Å². The van der Waals surface area contributed by atoms with Crippen LogP contribution in [0.1, 0.15) is 25.8 Å². The molecular formula is C22H27ClN2O4. The molecule has 7 heteroatoms. The third-order valence-electron chi connectivity index (χ3n) is 5.87. The van der Waals surface area contributed by atoms with E-state index in [0.29, 0.717) is 31.3 Å². The highest BCUT2D eigenvalue weighted by Crippen LogP contribution is 2.52. The van der Waals surface area contributed by atoms with Crippen LogP contribution in [-0.4, -0.2) is 54.2 Å². The molecule has 1 aromatic rings. The maximum absolute atomic E-state index is 13.2. The van der Waals surface area contributed by atoms with Crippen molar-refractivity contribution in [2.75, 3.05) is 19.7 Å². The lowest BCUT2D eigenvalue weighted by Gasteiger charge is -2.23. The van der Waals surface area contributed by atoms with E-state index in [0.717, 1.165) is 12.0 Å². The fourth-order valence-electron chi connectivity index (χ4n) is 4.56. The van der Waals surface area contributed by atoms with Crippen molar-refractivity contribution in [2.24, 2.45) is 11.8 Å². The van der Waals surface area contributed by atoms with Gasteiger partial charge in [-0.2, -0.15) is 0 Å². The van der Waals surface area contributed by atoms with Crippen LogP contribution < -0.4 is 5.32 Å². The summed E-state index contributed by atoms with van der Waals surface area (Å²) in [5.41, 5.74) is 0.190. The second-order valence-corrected chi connectivity index (χ2v) is 8.66. The number of halogens is 1. The summed E-state index contributed by atoms with van der Waals surface area (Å²) in [4.78, 5) is 27.9. The number of ether oxygens (including phenoxy) is 2. The second-order valence-electron chi connectivity index (χ2n) is 8.25. The normalized spacial score (nSPS) is 29.7. The van der Waals surface area contributed by atoms with Gasteiger partial charge in [-0.3, -0.25) is 9.59 Å². The van der Waals surface area contributed by atoms with E-state index in [4.69, 9.17) is 21.1 Å². The molecule has 0 aromatic heterocycles. The lowest BCUT2D eigenvalue weighted by Crippen LogP contribution is -2.44. The Balaban J connectivity index is 1.42. The highest BCUT2D eigenvalue weighted by Gasteiger charge is 2.66. The van der Waals surface area contributed by atoms with Crippen LogP contribution >= 0.6 is 11.6 Å². The van der Waals surface area contributed by atoms with Gasteiger partial charge < -0.3 is 19.7 Å². The fourth-order valence-corrected chi connectivity index (χ4v) is 4.76. The first kappa shape index (κ1) is 20.4. The molecule has 2 fully saturated rings. The summed E-state index contributed by atoms with van der Waals surface area (Å²) in [6.07, 6.45) is 4.47. The van der Waals surface area contributed by atoms with E-state index < -0.39 is 17.4 Å². The van der Waals surface area contributed by atoms with Gasteiger partial charge in [-0.15, -0.1) is 0 Å². The molecule has 2 amide bonds. The number of carbonyl (C=O) groups is 2. The number of carbonyl (C=O) groups excluding carboxylic acids is 2. The summed E-state index contributed by atoms with van der Waals surface area (Å²) in [5.74, 6) is -1.13. The van der Waals surface area contributed by atoms with Gasteiger partial charge in [0, 0.05) is 24.7 Å². The quantitative estimate of drug-likeness (QED) is 0.520. The van der Waals surface area contributed by atoms with Crippen LogP contribution in [0.5, 0.6) is 0 Å². The average Bonchev–Trinajstić information content (AvgIpc) is 3.31. The molecule has 1 spiro atoms. The van der Waals surface area contributed by atoms with Gasteiger partial charge >= 0.3 is 0 Å². The van der Waals surface area contributed by atoms with Crippen molar-refractivity contribution < 1.29 is 19.1 Å². The molecule has 156 valence electrons. The lowest BCUT2D eigenvalue weighted by atomic mass is 9.77. The number of amides is 2. The van der Waals surface area contributed by atoms with Gasteiger partial charge in [0.25, 0.3) is 0 Å². The molecule has 0 saturated carbocycles. The van der Waals surface area contributed by atoms with Crippen LogP contribution in [0.2, 0.25) is 5.02 Å². The molecule has 3 heterocycles. The zero-order valence-corrected chi connectivity index (χ0v) is 17.5. The number of benzene rings is 1. The number of rotatable bonds is 8. The minimum Gasteiger partial charge on any atom is -0.379 e. The van der Waals surface area contributed by atoms with Gasteiger partial charge in [-0.1, -0.05) is 42.0 Å². The Labute approximate surface area is 176 Å². The average molecular weight is 419 g/mol. The van der Waals surface area contributed by atoms with Crippen molar-refractivity contribution in [2.45, 2.75) is 44.6 Å². The van der Waals surface area contributed by atoms with Gasteiger partial charge in [-0.25, -0.2) is 0 Å². The Morgan fingerprint density at radius 2 is 2.21 bits per heavy atom. The molecular weight excluding hydrogens is 392 g/mol. The Kier molecular flexibility index (Phi) is 5.69. The van der Waals surface area contributed by atoms with Crippen molar-refractivity contribution >= 4 is 23.4 Å². The highest BCUT2D eigenvalue weighted by molar-refractivity contribution is 6.31. The third kappa shape index (κ3) is 3.81. The standard InChI is InChI=1S/C22H27ClN2O4/c1-14(2)28-11-5-10-24-20(26)18-17-8-9-22(29-17)13-25(21(27)19(18)22)12-15-6-3-4-7-16(15)23/h3-4,6-9,14,17-19H,5,10-13H2,1-2H3,(H,24,26)/t17-,18+,19-,22-/m0/s1. The van der Waals surface area contributed by atoms with E-state index in [1.54, 1.807) is 4.90 Å². The largest absolute Gasteiger partial charge is 0.379 e. The number of hydrogen-bond donors (Lipinski definition) is 1. The van der Waals surface area contributed by atoms with E-state index in [1.807, 2.05) is 50.3 Å². The summed E-state index contributed by atoms with van der Waals surface area (Å²) in [6.45, 7) is 5.95. The maximum atomic E-state index is 13.2. The first-order valence-electron chi connectivity index (χ1n) is 10.2. The van der Waals surface area contributed by atoms with Crippen LogP contribution in [0.3, 0.4) is 0 Å². The van der Waals surface area contributed by atoms with Crippen molar-refractivity contribution in [3.05, 3.63) is 47.0 Å². The summed E-state index contributed by atoms with van der Waals surface area (Å²) < 4.78 is 11.7. The number of likely N-dealkylation sites (tertiary alicyclic amines) is 1. The highest BCUT2D eigenvalue weighted by atomic mass is 35.5. The minimum absolute atomic E-state index is 0.0416. The van der Waals surface area contributed by atoms with Gasteiger partial charge in [0.2, 0.25) is 11.8 Å². The predicted molar refractivity (Wildman–Crippen MR) is 109 cm³/mol. The van der Waals surface area contributed by atoms with Gasteiger partial charge in [-0.05, 0) is 31.9 Å². The molecule has 6 nitrogen and oxygen atoms in total. The van der Waals surface area contributed by atoms with Crippen molar-refractivity contribution in [3.8, 4) is 0 Å². The smallest absolute Gasteiger partial charge is 0.230 e.